The number of amides is 1. The molecule has 0 saturated heterocycles. The van der Waals surface area contributed by atoms with Crippen molar-refractivity contribution in [1.29, 1.82) is 0 Å². The smallest absolute Gasteiger partial charge is 0.255 e. The Morgan fingerprint density at radius 1 is 1.38 bits per heavy atom. The van der Waals surface area contributed by atoms with Crippen LogP contribution in [0.3, 0.4) is 0 Å². The van der Waals surface area contributed by atoms with Crippen molar-refractivity contribution in [3.8, 4) is 0 Å². The van der Waals surface area contributed by atoms with Gasteiger partial charge in [0, 0.05) is 44.3 Å². The molecule has 0 aliphatic rings. The normalized spacial score (nSPS) is 10.4. The molecule has 0 unspecified atom stereocenters. The topological polar surface area (TPSA) is 71.8 Å². The van der Waals surface area contributed by atoms with Gasteiger partial charge in [0.15, 0.2) is 0 Å². The molecular formula is C15H21N5O. The average molecular weight is 287 g/mol. The van der Waals surface area contributed by atoms with E-state index in [1.165, 1.54) is 0 Å². The minimum atomic E-state index is -0.134. The zero-order valence-corrected chi connectivity index (χ0v) is 12.7. The summed E-state index contributed by atoms with van der Waals surface area (Å²) in [6.07, 6.45) is 6.04. The van der Waals surface area contributed by atoms with Crippen LogP contribution in [0.25, 0.3) is 0 Å². The lowest BCUT2D eigenvalue weighted by atomic mass is 10.2. The number of carbonyl (C=O) groups excluding carboxylic acids is 1. The number of rotatable bonds is 6. The summed E-state index contributed by atoms with van der Waals surface area (Å²) in [5, 5.41) is 10.5. The Labute approximate surface area is 124 Å². The second-order valence-corrected chi connectivity index (χ2v) is 4.76. The van der Waals surface area contributed by atoms with E-state index in [9.17, 15) is 4.79 Å². The number of aromatic nitrogens is 3. The quantitative estimate of drug-likeness (QED) is 0.849. The van der Waals surface area contributed by atoms with Gasteiger partial charge in [0.25, 0.3) is 5.91 Å². The van der Waals surface area contributed by atoms with E-state index in [0.717, 1.165) is 29.9 Å². The zero-order valence-electron chi connectivity index (χ0n) is 12.7. The summed E-state index contributed by atoms with van der Waals surface area (Å²) in [5.74, 6) is -0.134. The fourth-order valence-corrected chi connectivity index (χ4v) is 2.22. The molecule has 0 radical (unpaired) electrons. The molecule has 0 aromatic carbocycles. The average Bonchev–Trinajstić information content (AvgIpc) is 2.86. The van der Waals surface area contributed by atoms with Gasteiger partial charge in [0.2, 0.25) is 0 Å². The molecular weight excluding hydrogens is 266 g/mol. The Kier molecular flexibility index (Phi) is 4.92. The summed E-state index contributed by atoms with van der Waals surface area (Å²) in [6.45, 7) is 5.27. The van der Waals surface area contributed by atoms with Gasteiger partial charge < -0.3 is 10.6 Å². The second kappa shape index (κ2) is 6.88. The highest BCUT2D eigenvalue weighted by Crippen LogP contribution is 2.14. The molecule has 6 heteroatoms. The lowest BCUT2D eigenvalue weighted by Gasteiger charge is -2.10. The van der Waals surface area contributed by atoms with Crippen molar-refractivity contribution in [2.75, 3.05) is 11.9 Å². The summed E-state index contributed by atoms with van der Waals surface area (Å²) in [7, 11) is 1.88. The minimum absolute atomic E-state index is 0.134. The Morgan fingerprint density at radius 3 is 2.90 bits per heavy atom. The lowest BCUT2D eigenvalue weighted by molar-refractivity contribution is 0.0951. The van der Waals surface area contributed by atoms with Crippen molar-refractivity contribution in [2.24, 2.45) is 7.05 Å². The van der Waals surface area contributed by atoms with E-state index >= 15 is 0 Å². The molecule has 21 heavy (non-hydrogen) atoms. The summed E-state index contributed by atoms with van der Waals surface area (Å²) < 4.78 is 1.77. The van der Waals surface area contributed by atoms with E-state index in [-0.39, 0.29) is 5.91 Å². The lowest BCUT2D eigenvalue weighted by Crippen LogP contribution is -2.24. The van der Waals surface area contributed by atoms with Crippen LogP contribution in [-0.2, 0) is 20.0 Å². The Bertz CT molecular complexity index is 620. The molecule has 6 nitrogen and oxygen atoms in total. The third-order valence-electron chi connectivity index (χ3n) is 3.20. The first-order chi connectivity index (χ1) is 10.2. The molecule has 1 amide bonds. The van der Waals surface area contributed by atoms with E-state index in [1.54, 1.807) is 23.1 Å². The van der Waals surface area contributed by atoms with E-state index in [2.05, 4.69) is 27.6 Å². The van der Waals surface area contributed by atoms with Crippen molar-refractivity contribution in [3.05, 3.63) is 41.5 Å². The van der Waals surface area contributed by atoms with Gasteiger partial charge in [-0.15, -0.1) is 0 Å². The molecule has 2 heterocycles. The second-order valence-electron chi connectivity index (χ2n) is 4.76. The molecule has 0 saturated carbocycles. The van der Waals surface area contributed by atoms with Crippen molar-refractivity contribution in [1.82, 2.24) is 20.1 Å². The van der Waals surface area contributed by atoms with Gasteiger partial charge >= 0.3 is 0 Å². The summed E-state index contributed by atoms with van der Waals surface area (Å²) in [6, 6.07) is 1.81. The SMILES string of the molecule is CCNc1ccncc1C(=O)NCc1cn(C)nc1CC. The van der Waals surface area contributed by atoms with E-state index in [0.29, 0.717) is 12.1 Å². The van der Waals surface area contributed by atoms with Crippen LogP contribution < -0.4 is 10.6 Å². The summed E-state index contributed by atoms with van der Waals surface area (Å²) in [5.41, 5.74) is 3.41. The standard InChI is InChI=1S/C15H21N5O/c1-4-13-11(10-20(3)19-13)8-18-15(21)12-9-16-7-6-14(12)17-5-2/h6-7,9-10H,4-5,8H2,1-3H3,(H,16,17)(H,18,21). The van der Waals surface area contributed by atoms with Gasteiger partial charge in [0.05, 0.1) is 16.9 Å². The van der Waals surface area contributed by atoms with Gasteiger partial charge in [-0.25, -0.2) is 0 Å². The fourth-order valence-electron chi connectivity index (χ4n) is 2.22. The van der Waals surface area contributed by atoms with Crippen LogP contribution in [0.1, 0.15) is 35.5 Å². The first-order valence-corrected chi connectivity index (χ1v) is 7.13. The van der Waals surface area contributed by atoms with Crippen molar-refractivity contribution in [2.45, 2.75) is 26.8 Å². The zero-order chi connectivity index (χ0) is 15.2. The molecule has 0 bridgehead atoms. The predicted molar refractivity (Wildman–Crippen MR) is 82.2 cm³/mol. The van der Waals surface area contributed by atoms with Crippen LogP contribution in [0.2, 0.25) is 0 Å². The van der Waals surface area contributed by atoms with Gasteiger partial charge in [-0.2, -0.15) is 5.10 Å². The maximum Gasteiger partial charge on any atom is 0.255 e. The Morgan fingerprint density at radius 2 is 2.19 bits per heavy atom. The molecule has 2 aromatic rings. The fraction of sp³-hybridized carbons (Fsp3) is 0.400. The monoisotopic (exact) mass is 287 g/mol. The number of aryl methyl sites for hydroxylation is 2. The highest BCUT2D eigenvalue weighted by molar-refractivity contribution is 5.99. The van der Waals surface area contributed by atoms with Crippen LogP contribution in [-0.4, -0.2) is 27.2 Å². The maximum absolute atomic E-state index is 12.3. The molecule has 0 fully saturated rings. The third kappa shape index (κ3) is 3.59. The van der Waals surface area contributed by atoms with E-state index in [1.807, 2.05) is 20.2 Å². The molecule has 0 aliphatic carbocycles. The number of nitrogens with zero attached hydrogens (tertiary/aromatic N) is 3. The molecule has 2 rings (SSSR count). The largest absolute Gasteiger partial charge is 0.385 e. The van der Waals surface area contributed by atoms with Gasteiger partial charge in [-0.05, 0) is 19.4 Å². The van der Waals surface area contributed by atoms with E-state index in [4.69, 9.17) is 0 Å². The third-order valence-corrected chi connectivity index (χ3v) is 3.20. The van der Waals surface area contributed by atoms with Crippen LogP contribution >= 0.6 is 0 Å². The maximum atomic E-state index is 12.3. The number of anilines is 1. The first kappa shape index (κ1) is 15.0. The van der Waals surface area contributed by atoms with Crippen LogP contribution in [0.5, 0.6) is 0 Å². The number of nitrogens with one attached hydrogen (secondary N) is 2. The van der Waals surface area contributed by atoms with Crippen molar-refractivity contribution < 1.29 is 4.79 Å². The van der Waals surface area contributed by atoms with Crippen molar-refractivity contribution in [3.63, 3.8) is 0 Å². The Hall–Kier alpha value is -2.37. The summed E-state index contributed by atoms with van der Waals surface area (Å²) in [4.78, 5) is 16.3. The van der Waals surface area contributed by atoms with Crippen LogP contribution in [0, 0.1) is 0 Å². The number of carbonyl (C=O) groups is 1. The summed E-state index contributed by atoms with van der Waals surface area (Å²) >= 11 is 0. The molecule has 112 valence electrons. The molecule has 2 aromatic heterocycles. The predicted octanol–water partition coefficient (Wildman–Crippen LogP) is 1.74. The molecule has 2 N–H and O–H groups in total. The number of hydrogen-bond donors (Lipinski definition) is 2. The van der Waals surface area contributed by atoms with Gasteiger partial charge in [-0.1, -0.05) is 6.92 Å². The highest BCUT2D eigenvalue weighted by atomic mass is 16.1. The number of hydrogen-bond acceptors (Lipinski definition) is 4. The minimum Gasteiger partial charge on any atom is -0.385 e. The highest BCUT2D eigenvalue weighted by Gasteiger charge is 2.12. The molecule has 0 atom stereocenters. The van der Waals surface area contributed by atoms with Crippen LogP contribution in [0.4, 0.5) is 5.69 Å². The number of pyridine rings is 1. The van der Waals surface area contributed by atoms with Crippen molar-refractivity contribution >= 4 is 11.6 Å². The molecule has 0 spiro atoms. The molecule has 0 aliphatic heterocycles. The first-order valence-electron chi connectivity index (χ1n) is 7.13. The van der Waals surface area contributed by atoms with E-state index < -0.39 is 0 Å². The Balaban J connectivity index is 2.08. The van der Waals surface area contributed by atoms with Gasteiger partial charge in [0.1, 0.15) is 0 Å². The van der Waals surface area contributed by atoms with Gasteiger partial charge in [-0.3, -0.25) is 14.5 Å². The van der Waals surface area contributed by atoms with Crippen LogP contribution in [0.15, 0.2) is 24.7 Å².